The largest absolute Gasteiger partial charge is 0.463 e. The van der Waals surface area contributed by atoms with Crippen LogP contribution >= 0.6 is 0 Å². The van der Waals surface area contributed by atoms with Gasteiger partial charge in [0.05, 0.1) is 13.0 Å². The number of likely N-dealkylation sites (tertiary alicyclic amines) is 1. The van der Waals surface area contributed by atoms with Crippen LogP contribution in [0.1, 0.15) is 76.7 Å². The van der Waals surface area contributed by atoms with Gasteiger partial charge in [-0.25, -0.2) is 0 Å². The zero-order valence-electron chi connectivity index (χ0n) is 18.4. The number of ether oxygens (including phenoxy) is 1. The Hall–Kier alpha value is -1.89. The highest BCUT2D eigenvalue weighted by Gasteiger charge is 2.33. The van der Waals surface area contributed by atoms with E-state index < -0.39 is 0 Å². The van der Waals surface area contributed by atoms with E-state index >= 15 is 0 Å². The number of piperidine rings is 1. The first-order valence-electron chi connectivity index (χ1n) is 12.0. The fourth-order valence-electron chi connectivity index (χ4n) is 5.25. The van der Waals surface area contributed by atoms with Gasteiger partial charge in [-0.1, -0.05) is 32.6 Å². The zero-order valence-corrected chi connectivity index (χ0v) is 18.4. The van der Waals surface area contributed by atoms with Crippen molar-refractivity contribution in [2.75, 3.05) is 36.9 Å². The van der Waals surface area contributed by atoms with Gasteiger partial charge in [0, 0.05) is 24.7 Å². The van der Waals surface area contributed by atoms with Crippen molar-refractivity contribution in [2.24, 2.45) is 5.92 Å². The fourth-order valence-corrected chi connectivity index (χ4v) is 5.25. The summed E-state index contributed by atoms with van der Waals surface area (Å²) < 4.78 is 5.66. The smallest absolute Gasteiger partial charge is 0.320 e. The molecule has 1 atom stereocenters. The molecule has 30 heavy (non-hydrogen) atoms. The Labute approximate surface area is 180 Å². The van der Waals surface area contributed by atoms with E-state index in [9.17, 15) is 4.79 Å². The summed E-state index contributed by atoms with van der Waals surface area (Å²) >= 11 is 0. The van der Waals surface area contributed by atoms with Crippen LogP contribution in [0.15, 0.2) is 0 Å². The van der Waals surface area contributed by atoms with E-state index in [4.69, 9.17) is 10.5 Å². The van der Waals surface area contributed by atoms with Crippen LogP contribution in [0.4, 0.5) is 11.6 Å². The molecule has 3 heterocycles. The lowest BCUT2D eigenvalue weighted by Crippen LogP contribution is -2.44. The average molecular weight is 416 g/mol. The van der Waals surface area contributed by atoms with Crippen molar-refractivity contribution in [2.45, 2.75) is 83.6 Å². The molecular formula is C23H37N5O2. The third kappa shape index (κ3) is 4.88. The fraction of sp³-hybridized carbons (Fsp3) is 0.783. The van der Waals surface area contributed by atoms with E-state index in [0.717, 1.165) is 30.9 Å². The van der Waals surface area contributed by atoms with Crippen LogP contribution in [0, 0.1) is 5.92 Å². The van der Waals surface area contributed by atoms with Gasteiger partial charge in [-0.15, -0.1) is 0 Å². The molecule has 7 heteroatoms. The number of fused-ring (bicyclic) bond motifs is 1. The van der Waals surface area contributed by atoms with Gasteiger partial charge in [0.15, 0.2) is 0 Å². The molecule has 2 N–H and O–H groups in total. The van der Waals surface area contributed by atoms with Crippen molar-refractivity contribution in [1.29, 1.82) is 0 Å². The Morgan fingerprint density at radius 3 is 2.77 bits per heavy atom. The first-order chi connectivity index (χ1) is 14.7. The molecular weight excluding hydrogens is 378 g/mol. The number of hydrogen-bond donors (Lipinski definition) is 1. The normalized spacial score (nSPS) is 23.0. The van der Waals surface area contributed by atoms with Crippen molar-refractivity contribution in [1.82, 2.24) is 14.9 Å². The van der Waals surface area contributed by atoms with Gasteiger partial charge in [0.25, 0.3) is 0 Å². The molecule has 1 saturated heterocycles. The van der Waals surface area contributed by atoms with Gasteiger partial charge in [-0.05, 0) is 51.0 Å². The minimum atomic E-state index is 0.0802. The maximum absolute atomic E-state index is 12.7. The average Bonchev–Trinajstić information content (AvgIpc) is 3.09. The lowest BCUT2D eigenvalue weighted by molar-refractivity contribution is -0.117. The van der Waals surface area contributed by atoms with E-state index in [1.165, 1.54) is 58.0 Å². The molecule has 1 aromatic heterocycles. The molecule has 166 valence electrons. The number of aromatic nitrogens is 2. The molecule has 2 fully saturated rings. The third-order valence-electron chi connectivity index (χ3n) is 7.01. The summed E-state index contributed by atoms with van der Waals surface area (Å²) in [5, 5.41) is 0. The summed E-state index contributed by atoms with van der Waals surface area (Å²) in [6.07, 6.45) is 12.7. The Morgan fingerprint density at radius 1 is 1.13 bits per heavy atom. The van der Waals surface area contributed by atoms with Crippen molar-refractivity contribution < 1.29 is 9.53 Å². The predicted molar refractivity (Wildman–Crippen MR) is 119 cm³/mol. The van der Waals surface area contributed by atoms with E-state index in [2.05, 4.69) is 21.8 Å². The highest BCUT2D eigenvalue weighted by Crippen LogP contribution is 2.34. The van der Waals surface area contributed by atoms with Crippen LogP contribution in [0.2, 0.25) is 0 Å². The number of rotatable bonds is 8. The van der Waals surface area contributed by atoms with Gasteiger partial charge < -0.3 is 15.4 Å². The van der Waals surface area contributed by atoms with Gasteiger partial charge in [0.1, 0.15) is 11.6 Å². The van der Waals surface area contributed by atoms with Crippen LogP contribution < -0.4 is 15.4 Å². The van der Waals surface area contributed by atoms with E-state index in [-0.39, 0.29) is 5.91 Å². The molecule has 0 aromatic carbocycles. The van der Waals surface area contributed by atoms with E-state index in [0.29, 0.717) is 43.1 Å². The van der Waals surface area contributed by atoms with Gasteiger partial charge in [-0.3, -0.25) is 9.69 Å². The third-order valence-corrected chi connectivity index (χ3v) is 7.01. The molecule has 0 bridgehead atoms. The Kier molecular flexibility index (Phi) is 7.08. The molecule has 1 aromatic rings. The number of nitrogens with two attached hydrogens (primary N) is 1. The Bertz CT molecular complexity index is 735. The maximum atomic E-state index is 12.7. The van der Waals surface area contributed by atoms with Crippen molar-refractivity contribution in [3.05, 3.63) is 5.56 Å². The summed E-state index contributed by atoms with van der Waals surface area (Å²) in [4.78, 5) is 26.0. The quantitative estimate of drug-likeness (QED) is 0.654. The number of nitrogens with zero attached hydrogens (tertiary/aromatic N) is 4. The number of nitrogen functional groups attached to an aromatic ring is 1. The number of hydrogen-bond acceptors (Lipinski definition) is 6. The molecule has 4 rings (SSSR count). The van der Waals surface area contributed by atoms with Crippen LogP contribution in [0.5, 0.6) is 6.01 Å². The molecule has 1 amide bonds. The summed E-state index contributed by atoms with van der Waals surface area (Å²) in [6.45, 7) is 5.82. The second kappa shape index (κ2) is 9.94. The van der Waals surface area contributed by atoms with Gasteiger partial charge >= 0.3 is 6.01 Å². The van der Waals surface area contributed by atoms with Crippen LogP contribution in [-0.4, -0.2) is 53.1 Å². The molecule has 1 saturated carbocycles. The molecule has 2 aliphatic heterocycles. The van der Waals surface area contributed by atoms with Crippen LogP contribution in [-0.2, 0) is 11.2 Å². The Balaban J connectivity index is 1.37. The first-order valence-corrected chi connectivity index (χ1v) is 12.0. The van der Waals surface area contributed by atoms with Crippen LogP contribution in [0.3, 0.4) is 0 Å². The number of amides is 1. The van der Waals surface area contributed by atoms with E-state index in [1.807, 2.05) is 4.90 Å². The monoisotopic (exact) mass is 415 g/mol. The lowest BCUT2D eigenvalue weighted by Gasteiger charge is -2.40. The van der Waals surface area contributed by atoms with Gasteiger partial charge in [0.2, 0.25) is 5.91 Å². The Morgan fingerprint density at radius 2 is 1.97 bits per heavy atom. The lowest BCUT2D eigenvalue weighted by atomic mass is 9.89. The molecule has 1 unspecified atom stereocenters. The van der Waals surface area contributed by atoms with Crippen molar-refractivity contribution in [3.63, 3.8) is 0 Å². The van der Waals surface area contributed by atoms with Gasteiger partial charge in [-0.2, -0.15) is 9.97 Å². The summed E-state index contributed by atoms with van der Waals surface area (Å²) in [7, 11) is 0. The second-order valence-electron chi connectivity index (χ2n) is 9.20. The standard InChI is InChI=1S/C23H37N5O2/c1-2-3-14-30-23-25-21(24)19-15-20(29)28(22(19)26-23)13-11-17-8-7-12-27(16-17)18-9-5-4-6-10-18/h17-18H,2-16H2,1H3,(H2,24,25,26). The summed E-state index contributed by atoms with van der Waals surface area (Å²) in [5.74, 6) is 1.77. The molecule has 0 spiro atoms. The molecule has 7 nitrogen and oxygen atoms in total. The van der Waals surface area contributed by atoms with Crippen molar-refractivity contribution in [3.8, 4) is 6.01 Å². The maximum Gasteiger partial charge on any atom is 0.320 e. The number of carbonyl (C=O) groups is 1. The SMILES string of the molecule is CCCCOc1nc(N)c2c(n1)N(CCC1CCCN(C3CCCCC3)C1)C(=O)C2. The highest BCUT2D eigenvalue weighted by molar-refractivity contribution is 6.01. The molecule has 1 aliphatic carbocycles. The summed E-state index contributed by atoms with van der Waals surface area (Å²) in [6, 6.07) is 1.08. The predicted octanol–water partition coefficient (Wildman–Crippen LogP) is 3.56. The topological polar surface area (TPSA) is 84.6 Å². The highest BCUT2D eigenvalue weighted by atomic mass is 16.5. The minimum Gasteiger partial charge on any atom is -0.463 e. The zero-order chi connectivity index (χ0) is 20.9. The second-order valence-corrected chi connectivity index (χ2v) is 9.20. The number of carbonyl (C=O) groups excluding carboxylic acids is 1. The number of unbranched alkanes of at least 4 members (excludes halogenated alkanes) is 1. The molecule has 0 radical (unpaired) electrons. The van der Waals surface area contributed by atoms with E-state index in [1.54, 1.807) is 0 Å². The summed E-state index contributed by atoms with van der Waals surface area (Å²) in [5.41, 5.74) is 6.88. The molecule has 3 aliphatic rings. The first kappa shape index (κ1) is 21.3. The minimum absolute atomic E-state index is 0.0802. The van der Waals surface area contributed by atoms with Crippen molar-refractivity contribution >= 4 is 17.5 Å². The van der Waals surface area contributed by atoms with Crippen LogP contribution in [0.25, 0.3) is 0 Å². The number of anilines is 2.